The van der Waals surface area contributed by atoms with Gasteiger partial charge in [-0.2, -0.15) is 18.4 Å². The summed E-state index contributed by atoms with van der Waals surface area (Å²) in [5.74, 6) is -3.18. The molecule has 0 saturated carbocycles. The maximum absolute atomic E-state index is 13.6. The van der Waals surface area contributed by atoms with Gasteiger partial charge in [-0.15, -0.1) is 0 Å². The van der Waals surface area contributed by atoms with Gasteiger partial charge in [-0.3, -0.25) is 0 Å². The van der Waals surface area contributed by atoms with Crippen molar-refractivity contribution in [2.24, 2.45) is 0 Å². The average Bonchev–Trinajstić information content (AvgIpc) is 2.60. The molecule has 0 fully saturated rings. The van der Waals surface area contributed by atoms with Crippen molar-refractivity contribution < 1.29 is 27.1 Å². The van der Waals surface area contributed by atoms with Crippen molar-refractivity contribution in [1.29, 1.82) is 5.26 Å². The Hall–Kier alpha value is -2.82. The Morgan fingerprint density at radius 2 is 2.00 bits per heavy atom. The number of ether oxygens (including phenoxy) is 1. The van der Waals surface area contributed by atoms with Crippen LogP contribution < -0.4 is 5.32 Å². The molecular weight excluding hydrogens is 364 g/mol. The first-order valence-electron chi connectivity index (χ1n) is 8.30. The molecule has 144 valence electrons. The lowest BCUT2D eigenvalue weighted by molar-refractivity contribution is -0.140. The van der Waals surface area contributed by atoms with Crippen LogP contribution >= 0.6 is 0 Å². The van der Waals surface area contributed by atoms with E-state index in [9.17, 15) is 27.6 Å². The van der Waals surface area contributed by atoms with Crippen LogP contribution in [0, 0.1) is 17.1 Å². The van der Waals surface area contributed by atoms with Gasteiger partial charge >= 0.3 is 12.1 Å². The highest BCUT2D eigenvalue weighted by atomic mass is 19.4. The van der Waals surface area contributed by atoms with Crippen LogP contribution in [0.25, 0.3) is 0 Å². The number of esters is 1. The topological polar surface area (TPSA) is 62.1 Å². The van der Waals surface area contributed by atoms with Crippen molar-refractivity contribution >= 4 is 5.97 Å². The van der Waals surface area contributed by atoms with Gasteiger partial charge < -0.3 is 10.1 Å². The first-order chi connectivity index (χ1) is 12.6. The van der Waals surface area contributed by atoms with Crippen LogP contribution in [0.1, 0.15) is 44.2 Å². The van der Waals surface area contributed by atoms with Crippen molar-refractivity contribution in [3.05, 3.63) is 57.7 Å². The van der Waals surface area contributed by atoms with E-state index in [0.29, 0.717) is 23.9 Å². The molecule has 0 radical (unpaired) electrons. The number of benzene rings is 1. The summed E-state index contributed by atoms with van der Waals surface area (Å²) in [6, 6.07) is 4.10. The molecule has 0 aromatic heterocycles. The molecular formula is C19H18F4N2O2. The first kappa shape index (κ1) is 20.5. The van der Waals surface area contributed by atoms with E-state index in [0.717, 1.165) is 12.1 Å². The number of carbonyl (C=O) groups is 1. The van der Waals surface area contributed by atoms with E-state index in [-0.39, 0.29) is 23.3 Å². The summed E-state index contributed by atoms with van der Waals surface area (Å²) >= 11 is 0. The lowest BCUT2D eigenvalue weighted by Crippen LogP contribution is -2.30. The molecule has 1 N–H and O–H groups in total. The Balaban J connectivity index is 2.83. The molecule has 27 heavy (non-hydrogen) atoms. The van der Waals surface area contributed by atoms with Gasteiger partial charge in [-0.25, -0.2) is 9.18 Å². The number of nitrogens with zero attached hydrogens (tertiary/aromatic N) is 1. The molecule has 0 spiro atoms. The Labute approximate surface area is 154 Å². The number of hydrogen-bond donors (Lipinski definition) is 1. The van der Waals surface area contributed by atoms with Gasteiger partial charge in [-0.05, 0) is 38.0 Å². The number of nitriles is 1. The standard InChI is InChI=1S/C19H18F4N2O2/c1-4-15-17(18(26)27-5-2)16(13(9-24)10(3)25-15)12-7-6-11(20)8-14(12)19(21,22)23/h6-8,16,25H,4-5H2,1-3H3. The number of nitrogens with one attached hydrogen (secondary N) is 1. The lowest BCUT2D eigenvalue weighted by Gasteiger charge is -2.31. The second-order valence-corrected chi connectivity index (χ2v) is 5.90. The molecule has 0 saturated heterocycles. The minimum atomic E-state index is -4.86. The summed E-state index contributed by atoms with van der Waals surface area (Å²) in [6.07, 6.45) is -4.55. The van der Waals surface area contributed by atoms with Crippen molar-refractivity contribution in [1.82, 2.24) is 5.32 Å². The van der Waals surface area contributed by atoms with Crippen LogP contribution in [0.3, 0.4) is 0 Å². The highest BCUT2D eigenvalue weighted by Gasteiger charge is 2.41. The minimum Gasteiger partial charge on any atom is -0.463 e. The third-order valence-corrected chi connectivity index (χ3v) is 4.25. The van der Waals surface area contributed by atoms with E-state index in [1.165, 1.54) is 0 Å². The number of hydrogen-bond acceptors (Lipinski definition) is 4. The van der Waals surface area contributed by atoms with Crippen molar-refractivity contribution in [2.45, 2.75) is 39.3 Å². The zero-order valence-electron chi connectivity index (χ0n) is 15.0. The SMILES string of the molecule is CCOC(=O)C1=C(CC)NC(C)=C(C#N)C1c1ccc(F)cc1C(F)(F)F. The molecule has 1 heterocycles. The largest absolute Gasteiger partial charge is 0.463 e. The fourth-order valence-electron chi connectivity index (χ4n) is 3.11. The zero-order chi connectivity index (χ0) is 20.4. The van der Waals surface area contributed by atoms with E-state index in [1.807, 2.05) is 6.07 Å². The van der Waals surface area contributed by atoms with Gasteiger partial charge in [0.15, 0.2) is 0 Å². The fourth-order valence-corrected chi connectivity index (χ4v) is 3.11. The van der Waals surface area contributed by atoms with Crippen LogP contribution in [0.4, 0.5) is 17.6 Å². The van der Waals surface area contributed by atoms with Gasteiger partial charge in [0, 0.05) is 11.4 Å². The smallest absolute Gasteiger partial charge is 0.416 e. The monoisotopic (exact) mass is 382 g/mol. The van der Waals surface area contributed by atoms with Crippen molar-refractivity contribution in [3.63, 3.8) is 0 Å². The van der Waals surface area contributed by atoms with E-state index in [2.05, 4.69) is 5.32 Å². The molecule has 1 aliphatic rings. The molecule has 4 nitrogen and oxygen atoms in total. The van der Waals surface area contributed by atoms with Crippen LogP contribution in [0.15, 0.2) is 40.7 Å². The molecule has 1 atom stereocenters. The van der Waals surface area contributed by atoms with E-state index in [1.54, 1.807) is 20.8 Å². The molecule has 0 amide bonds. The quantitative estimate of drug-likeness (QED) is 0.613. The third kappa shape index (κ3) is 3.97. The summed E-state index contributed by atoms with van der Waals surface area (Å²) in [7, 11) is 0. The second-order valence-electron chi connectivity index (χ2n) is 5.90. The molecule has 0 aliphatic carbocycles. The number of alkyl halides is 3. The van der Waals surface area contributed by atoms with Gasteiger partial charge in [0.25, 0.3) is 0 Å². The molecule has 1 aromatic carbocycles. The van der Waals surface area contributed by atoms with Crippen molar-refractivity contribution in [3.8, 4) is 6.07 Å². The molecule has 2 rings (SSSR count). The lowest BCUT2D eigenvalue weighted by atomic mass is 9.78. The average molecular weight is 382 g/mol. The van der Waals surface area contributed by atoms with Crippen LogP contribution in [0.2, 0.25) is 0 Å². The minimum absolute atomic E-state index is 0.0200. The van der Waals surface area contributed by atoms with Gasteiger partial charge in [-0.1, -0.05) is 13.0 Å². The summed E-state index contributed by atoms with van der Waals surface area (Å²) in [5.41, 5.74) is -1.01. The summed E-state index contributed by atoms with van der Waals surface area (Å²) in [6.45, 7) is 4.85. The van der Waals surface area contributed by atoms with Gasteiger partial charge in [0.1, 0.15) is 5.82 Å². The van der Waals surface area contributed by atoms with E-state index < -0.39 is 29.4 Å². The zero-order valence-corrected chi connectivity index (χ0v) is 15.0. The summed E-state index contributed by atoms with van der Waals surface area (Å²) in [5, 5.41) is 12.5. The highest BCUT2D eigenvalue weighted by molar-refractivity contribution is 5.93. The van der Waals surface area contributed by atoms with Crippen LogP contribution in [0.5, 0.6) is 0 Å². The second kappa shape index (κ2) is 7.82. The number of rotatable bonds is 4. The predicted molar refractivity (Wildman–Crippen MR) is 89.5 cm³/mol. The van der Waals surface area contributed by atoms with Gasteiger partial charge in [0.05, 0.1) is 35.3 Å². The third-order valence-electron chi connectivity index (χ3n) is 4.25. The summed E-state index contributed by atoms with van der Waals surface area (Å²) in [4.78, 5) is 12.5. The Morgan fingerprint density at radius 1 is 1.33 bits per heavy atom. The highest BCUT2D eigenvalue weighted by Crippen LogP contribution is 2.44. The van der Waals surface area contributed by atoms with E-state index in [4.69, 9.17) is 4.74 Å². The molecule has 1 aromatic rings. The Bertz CT molecular complexity index is 863. The molecule has 1 unspecified atom stereocenters. The number of dihydropyridines is 1. The number of carbonyl (C=O) groups excluding carboxylic acids is 1. The van der Waals surface area contributed by atoms with Crippen molar-refractivity contribution in [2.75, 3.05) is 6.61 Å². The van der Waals surface area contributed by atoms with E-state index >= 15 is 0 Å². The first-order valence-corrected chi connectivity index (χ1v) is 8.30. The number of halogens is 4. The predicted octanol–water partition coefficient (Wildman–Crippen LogP) is 4.56. The maximum Gasteiger partial charge on any atom is 0.416 e. The molecule has 8 heteroatoms. The molecule has 1 aliphatic heterocycles. The van der Waals surface area contributed by atoms with Crippen LogP contribution in [-0.2, 0) is 15.7 Å². The fraction of sp³-hybridized carbons (Fsp3) is 0.368. The summed E-state index contributed by atoms with van der Waals surface area (Å²) < 4.78 is 59.2. The van der Waals surface area contributed by atoms with Gasteiger partial charge in [0.2, 0.25) is 0 Å². The Kier molecular flexibility index (Phi) is 5.94. The molecule has 0 bridgehead atoms. The normalized spacial score (nSPS) is 17.5. The van der Waals surface area contributed by atoms with Crippen LogP contribution in [-0.4, -0.2) is 12.6 Å². The maximum atomic E-state index is 13.6. The Morgan fingerprint density at radius 3 is 2.52 bits per heavy atom. The number of allylic oxidation sites excluding steroid dienone is 3.